The third kappa shape index (κ3) is 5.27. The molecule has 2 unspecified atom stereocenters. The van der Waals surface area contributed by atoms with Crippen LogP contribution in [0.4, 0.5) is 0 Å². The standard InChI is InChI=1S/C16H34N2/c1-5-17-15-11-9-7-8-10-12-16(15)18(6-2)13-14(3)4/h14-17H,5-13H2,1-4H3. The van der Waals surface area contributed by atoms with Gasteiger partial charge < -0.3 is 5.32 Å². The van der Waals surface area contributed by atoms with Gasteiger partial charge in [-0.2, -0.15) is 0 Å². The van der Waals surface area contributed by atoms with Crippen LogP contribution in [0.1, 0.15) is 66.2 Å². The maximum Gasteiger partial charge on any atom is 0.0249 e. The summed E-state index contributed by atoms with van der Waals surface area (Å²) in [7, 11) is 0. The van der Waals surface area contributed by atoms with Crippen molar-refractivity contribution in [3.63, 3.8) is 0 Å². The molecule has 0 aromatic carbocycles. The smallest absolute Gasteiger partial charge is 0.0249 e. The SMILES string of the molecule is CCNC1CCCCCCC1N(CC)CC(C)C. The van der Waals surface area contributed by atoms with E-state index >= 15 is 0 Å². The van der Waals surface area contributed by atoms with Crippen LogP contribution in [-0.2, 0) is 0 Å². The normalized spacial score (nSPS) is 26.3. The van der Waals surface area contributed by atoms with Gasteiger partial charge in [0.2, 0.25) is 0 Å². The van der Waals surface area contributed by atoms with Crippen molar-refractivity contribution in [1.82, 2.24) is 10.2 Å². The van der Waals surface area contributed by atoms with E-state index in [1.54, 1.807) is 0 Å². The Balaban J connectivity index is 2.67. The van der Waals surface area contributed by atoms with Gasteiger partial charge in [-0.15, -0.1) is 0 Å². The molecule has 0 radical (unpaired) electrons. The third-order valence-electron chi connectivity index (χ3n) is 4.17. The molecule has 2 nitrogen and oxygen atoms in total. The predicted molar refractivity (Wildman–Crippen MR) is 81.0 cm³/mol. The number of hydrogen-bond acceptors (Lipinski definition) is 2. The lowest BCUT2D eigenvalue weighted by molar-refractivity contribution is 0.126. The van der Waals surface area contributed by atoms with Crippen LogP contribution in [0.2, 0.25) is 0 Å². The summed E-state index contributed by atoms with van der Waals surface area (Å²) in [5.74, 6) is 0.776. The van der Waals surface area contributed by atoms with Crippen LogP contribution in [0.3, 0.4) is 0 Å². The van der Waals surface area contributed by atoms with Gasteiger partial charge in [0, 0.05) is 18.6 Å². The third-order valence-corrected chi connectivity index (χ3v) is 4.17. The maximum absolute atomic E-state index is 3.75. The number of nitrogens with zero attached hydrogens (tertiary/aromatic N) is 1. The summed E-state index contributed by atoms with van der Waals surface area (Å²) in [5, 5.41) is 3.75. The Labute approximate surface area is 115 Å². The summed E-state index contributed by atoms with van der Waals surface area (Å²) in [5.41, 5.74) is 0. The van der Waals surface area contributed by atoms with Crippen molar-refractivity contribution in [2.24, 2.45) is 5.92 Å². The minimum Gasteiger partial charge on any atom is -0.313 e. The van der Waals surface area contributed by atoms with Crippen molar-refractivity contribution in [3.8, 4) is 0 Å². The quantitative estimate of drug-likeness (QED) is 0.778. The lowest BCUT2D eigenvalue weighted by Crippen LogP contribution is -2.51. The summed E-state index contributed by atoms with van der Waals surface area (Å²) >= 11 is 0. The van der Waals surface area contributed by atoms with Gasteiger partial charge in [-0.3, -0.25) is 4.90 Å². The Bertz CT molecular complexity index is 201. The molecule has 0 saturated heterocycles. The molecular formula is C16H34N2. The summed E-state index contributed by atoms with van der Waals surface area (Å²) < 4.78 is 0. The number of nitrogens with one attached hydrogen (secondary N) is 1. The molecular weight excluding hydrogens is 220 g/mol. The van der Waals surface area contributed by atoms with Crippen molar-refractivity contribution in [2.45, 2.75) is 78.3 Å². The molecule has 0 heterocycles. The molecule has 2 heteroatoms. The molecule has 1 rings (SSSR count). The van der Waals surface area contributed by atoms with Crippen molar-refractivity contribution in [3.05, 3.63) is 0 Å². The van der Waals surface area contributed by atoms with E-state index in [-0.39, 0.29) is 0 Å². The molecule has 108 valence electrons. The zero-order valence-electron chi connectivity index (χ0n) is 13.0. The lowest BCUT2D eigenvalue weighted by atomic mass is 9.90. The van der Waals surface area contributed by atoms with Crippen molar-refractivity contribution < 1.29 is 0 Å². The Hall–Kier alpha value is -0.0800. The topological polar surface area (TPSA) is 15.3 Å². The molecule has 0 bridgehead atoms. The number of hydrogen-bond donors (Lipinski definition) is 1. The minimum atomic E-state index is 0.717. The summed E-state index contributed by atoms with van der Waals surface area (Å²) in [6, 6.07) is 1.48. The predicted octanol–water partition coefficient (Wildman–Crippen LogP) is 3.67. The second-order valence-electron chi connectivity index (χ2n) is 6.20. The molecule has 0 amide bonds. The Morgan fingerprint density at radius 1 is 1.06 bits per heavy atom. The monoisotopic (exact) mass is 254 g/mol. The highest BCUT2D eigenvalue weighted by atomic mass is 15.2. The molecule has 0 aliphatic heterocycles. The fourth-order valence-electron chi connectivity index (χ4n) is 3.37. The van der Waals surface area contributed by atoms with Gasteiger partial charge in [0.05, 0.1) is 0 Å². The van der Waals surface area contributed by atoms with Gasteiger partial charge in [-0.25, -0.2) is 0 Å². The van der Waals surface area contributed by atoms with E-state index in [0.29, 0.717) is 6.04 Å². The first-order valence-corrected chi connectivity index (χ1v) is 8.16. The Kier molecular flexibility index (Phi) is 7.92. The highest BCUT2D eigenvalue weighted by Gasteiger charge is 2.26. The van der Waals surface area contributed by atoms with Crippen LogP contribution in [0.15, 0.2) is 0 Å². The van der Waals surface area contributed by atoms with E-state index in [1.807, 2.05) is 0 Å². The molecule has 1 aliphatic carbocycles. The number of likely N-dealkylation sites (N-methyl/N-ethyl adjacent to an activating group) is 2. The van der Waals surface area contributed by atoms with E-state index in [2.05, 4.69) is 37.9 Å². The molecule has 0 spiro atoms. The molecule has 18 heavy (non-hydrogen) atoms. The zero-order valence-corrected chi connectivity index (χ0v) is 13.0. The van der Waals surface area contributed by atoms with Gasteiger partial charge in [-0.05, 0) is 31.8 Å². The van der Waals surface area contributed by atoms with Crippen LogP contribution in [0.25, 0.3) is 0 Å². The zero-order chi connectivity index (χ0) is 13.4. The molecule has 1 N–H and O–H groups in total. The molecule has 1 aliphatic rings. The van der Waals surface area contributed by atoms with E-state index in [1.165, 1.54) is 51.6 Å². The van der Waals surface area contributed by atoms with Crippen molar-refractivity contribution in [1.29, 1.82) is 0 Å². The number of rotatable bonds is 6. The summed E-state index contributed by atoms with van der Waals surface area (Å²) in [6.45, 7) is 12.8. The highest BCUT2D eigenvalue weighted by molar-refractivity contribution is 4.86. The van der Waals surface area contributed by atoms with Gasteiger partial charge >= 0.3 is 0 Å². The van der Waals surface area contributed by atoms with Gasteiger partial charge in [0.1, 0.15) is 0 Å². The van der Waals surface area contributed by atoms with Crippen LogP contribution >= 0.6 is 0 Å². The van der Waals surface area contributed by atoms with Gasteiger partial charge in [0.25, 0.3) is 0 Å². The largest absolute Gasteiger partial charge is 0.313 e. The highest BCUT2D eigenvalue weighted by Crippen LogP contribution is 2.22. The van der Waals surface area contributed by atoms with Crippen molar-refractivity contribution in [2.75, 3.05) is 19.6 Å². The minimum absolute atomic E-state index is 0.717. The van der Waals surface area contributed by atoms with E-state index < -0.39 is 0 Å². The summed E-state index contributed by atoms with van der Waals surface area (Å²) in [6.07, 6.45) is 8.46. The van der Waals surface area contributed by atoms with Gasteiger partial charge in [0.15, 0.2) is 0 Å². The molecule has 0 aromatic rings. The fraction of sp³-hybridized carbons (Fsp3) is 1.00. The van der Waals surface area contributed by atoms with Crippen LogP contribution in [0.5, 0.6) is 0 Å². The van der Waals surface area contributed by atoms with E-state index in [4.69, 9.17) is 0 Å². The lowest BCUT2D eigenvalue weighted by Gasteiger charge is -2.39. The average Bonchev–Trinajstić information content (AvgIpc) is 2.30. The first kappa shape index (κ1) is 16.0. The average molecular weight is 254 g/mol. The first-order valence-electron chi connectivity index (χ1n) is 8.16. The van der Waals surface area contributed by atoms with Crippen molar-refractivity contribution >= 4 is 0 Å². The fourth-order valence-corrected chi connectivity index (χ4v) is 3.37. The van der Waals surface area contributed by atoms with Crippen LogP contribution < -0.4 is 5.32 Å². The molecule has 0 aromatic heterocycles. The van der Waals surface area contributed by atoms with Crippen LogP contribution in [-0.4, -0.2) is 36.6 Å². The molecule has 1 saturated carbocycles. The molecule has 1 fully saturated rings. The Morgan fingerprint density at radius 3 is 2.28 bits per heavy atom. The van der Waals surface area contributed by atoms with E-state index in [9.17, 15) is 0 Å². The maximum atomic E-state index is 3.75. The molecule has 2 atom stereocenters. The van der Waals surface area contributed by atoms with Crippen LogP contribution in [0, 0.1) is 5.92 Å². The second-order valence-corrected chi connectivity index (χ2v) is 6.20. The van der Waals surface area contributed by atoms with Gasteiger partial charge in [-0.1, -0.05) is 53.4 Å². The summed E-state index contributed by atoms with van der Waals surface area (Å²) in [4.78, 5) is 2.73. The first-order chi connectivity index (χ1) is 8.69. The van der Waals surface area contributed by atoms with E-state index in [0.717, 1.165) is 18.5 Å². The second kappa shape index (κ2) is 8.92. The Morgan fingerprint density at radius 2 is 1.72 bits per heavy atom.